The zero-order chi connectivity index (χ0) is 16.2. The molecule has 6 heteroatoms. The number of carbonyl (C=O) groups excluding carboxylic acids is 2. The average molecular weight is 314 g/mol. The van der Waals surface area contributed by atoms with Crippen LogP contribution in [0.5, 0.6) is 0 Å². The third-order valence-electron chi connectivity index (χ3n) is 2.69. The van der Waals surface area contributed by atoms with Crippen LogP contribution < -0.4 is 0 Å². The molecule has 21 heavy (non-hydrogen) atoms. The van der Waals surface area contributed by atoms with Gasteiger partial charge in [-0.2, -0.15) is 0 Å². The van der Waals surface area contributed by atoms with Crippen molar-refractivity contribution in [2.75, 3.05) is 20.7 Å². The van der Waals surface area contributed by atoms with Gasteiger partial charge in [0.2, 0.25) is 5.78 Å². The van der Waals surface area contributed by atoms with Gasteiger partial charge < -0.3 is 9.64 Å². The van der Waals surface area contributed by atoms with Gasteiger partial charge in [-0.3, -0.25) is 4.79 Å². The van der Waals surface area contributed by atoms with Crippen molar-refractivity contribution in [3.8, 4) is 0 Å². The van der Waals surface area contributed by atoms with E-state index in [0.29, 0.717) is 0 Å². The molecular formula is C15H17ClFNO3. The van der Waals surface area contributed by atoms with Crippen LogP contribution in [-0.2, 0) is 9.53 Å². The van der Waals surface area contributed by atoms with Gasteiger partial charge >= 0.3 is 5.97 Å². The van der Waals surface area contributed by atoms with Crippen LogP contribution in [-0.4, -0.2) is 37.4 Å². The standard InChI is InChI=1S/C15H17ClFNO3/c1-5-21-15(20)11(8-18(3)4)14(19)10-6-7-12(17)9(2)13(10)16/h6-8H,5H2,1-4H3/b11-8+. The first-order valence-electron chi connectivity index (χ1n) is 6.34. The van der Waals surface area contributed by atoms with Gasteiger partial charge in [-0.05, 0) is 26.0 Å². The van der Waals surface area contributed by atoms with Crippen LogP contribution >= 0.6 is 11.6 Å². The minimum absolute atomic E-state index is 0.00560. The first kappa shape index (κ1) is 17.2. The summed E-state index contributed by atoms with van der Waals surface area (Å²) in [6, 6.07) is 2.41. The molecule has 1 aromatic rings. The molecule has 114 valence electrons. The lowest BCUT2D eigenvalue weighted by molar-refractivity contribution is -0.138. The Morgan fingerprint density at radius 3 is 2.52 bits per heavy atom. The minimum Gasteiger partial charge on any atom is -0.462 e. The summed E-state index contributed by atoms with van der Waals surface area (Å²) in [5.74, 6) is -1.85. The second-order valence-electron chi connectivity index (χ2n) is 4.59. The van der Waals surface area contributed by atoms with Crippen molar-refractivity contribution in [3.05, 3.63) is 45.9 Å². The molecule has 0 bridgehead atoms. The summed E-state index contributed by atoms with van der Waals surface area (Å²) in [5, 5.41) is -0.00560. The lowest BCUT2D eigenvalue weighted by Gasteiger charge is -2.12. The van der Waals surface area contributed by atoms with E-state index in [1.54, 1.807) is 25.9 Å². The van der Waals surface area contributed by atoms with Crippen molar-refractivity contribution in [1.82, 2.24) is 4.90 Å². The number of benzene rings is 1. The van der Waals surface area contributed by atoms with E-state index in [2.05, 4.69) is 0 Å². The maximum atomic E-state index is 13.4. The number of esters is 1. The zero-order valence-electron chi connectivity index (χ0n) is 12.4. The number of hydrogen-bond donors (Lipinski definition) is 0. The molecular weight excluding hydrogens is 297 g/mol. The van der Waals surface area contributed by atoms with Gasteiger partial charge in [-0.1, -0.05) is 11.6 Å². The van der Waals surface area contributed by atoms with Crippen molar-refractivity contribution in [2.24, 2.45) is 0 Å². The highest BCUT2D eigenvalue weighted by atomic mass is 35.5. The molecule has 0 aliphatic heterocycles. The molecule has 0 amide bonds. The molecule has 1 aromatic carbocycles. The largest absolute Gasteiger partial charge is 0.462 e. The van der Waals surface area contributed by atoms with Gasteiger partial charge in [0.05, 0.1) is 11.6 Å². The quantitative estimate of drug-likeness (QED) is 0.276. The fourth-order valence-electron chi connectivity index (χ4n) is 1.65. The fourth-order valence-corrected chi connectivity index (χ4v) is 1.89. The van der Waals surface area contributed by atoms with E-state index in [-0.39, 0.29) is 28.3 Å². The number of ether oxygens (including phenoxy) is 1. The van der Waals surface area contributed by atoms with Crippen LogP contribution in [0.25, 0.3) is 0 Å². The number of nitrogens with zero attached hydrogens (tertiary/aromatic N) is 1. The molecule has 1 rings (SSSR count). The highest BCUT2D eigenvalue weighted by Crippen LogP contribution is 2.25. The maximum Gasteiger partial charge on any atom is 0.343 e. The molecule has 0 radical (unpaired) electrons. The molecule has 0 aliphatic rings. The van der Waals surface area contributed by atoms with E-state index in [0.717, 1.165) is 6.07 Å². The number of ketones is 1. The summed E-state index contributed by atoms with van der Waals surface area (Å²) in [6.45, 7) is 3.26. The lowest BCUT2D eigenvalue weighted by Crippen LogP contribution is -2.20. The Kier molecular flexibility index (Phi) is 5.90. The molecule has 0 aliphatic carbocycles. The Labute approximate surface area is 128 Å². The van der Waals surface area contributed by atoms with Crippen LogP contribution in [0.15, 0.2) is 23.9 Å². The minimum atomic E-state index is -0.741. The molecule has 0 saturated carbocycles. The van der Waals surface area contributed by atoms with Gasteiger partial charge in [0.25, 0.3) is 0 Å². The summed E-state index contributed by atoms with van der Waals surface area (Å²) >= 11 is 6.00. The summed E-state index contributed by atoms with van der Waals surface area (Å²) < 4.78 is 18.3. The van der Waals surface area contributed by atoms with Crippen molar-refractivity contribution < 1.29 is 18.7 Å². The van der Waals surface area contributed by atoms with E-state index < -0.39 is 17.6 Å². The number of carbonyl (C=O) groups is 2. The Bertz CT molecular complexity index is 597. The molecule has 0 unspecified atom stereocenters. The van der Waals surface area contributed by atoms with Crippen LogP contribution in [0, 0.1) is 12.7 Å². The van der Waals surface area contributed by atoms with E-state index in [1.165, 1.54) is 19.2 Å². The first-order valence-corrected chi connectivity index (χ1v) is 6.72. The topological polar surface area (TPSA) is 46.6 Å². The van der Waals surface area contributed by atoms with Gasteiger partial charge in [0.15, 0.2) is 0 Å². The summed E-state index contributed by atoms with van der Waals surface area (Å²) in [4.78, 5) is 25.9. The van der Waals surface area contributed by atoms with Crippen LogP contribution in [0.1, 0.15) is 22.8 Å². The SMILES string of the molecule is CCOC(=O)/C(=C/N(C)C)C(=O)c1ccc(F)c(C)c1Cl. The van der Waals surface area contributed by atoms with Crippen molar-refractivity contribution in [1.29, 1.82) is 0 Å². The Hall–Kier alpha value is -1.88. The average Bonchev–Trinajstić information content (AvgIpc) is 2.41. The summed E-state index contributed by atoms with van der Waals surface area (Å²) in [7, 11) is 3.34. The predicted molar refractivity (Wildman–Crippen MR) is 78.9 cm³/mol. The van der Waals surface area contributed by atoms with Gasteiger partial charge in [-0.25, -0.2) is 9.18 Å². The Balaban J connectivity index is 3.30. The molecule has 0 fully saturated rings. The molecule has 0 spiro atoms. The fraction of sp³-hybridized carbons (Fsp3) is 0.333. The molecule has 0 aromatic heterocycles. The van der Waals surface area contributed by atoms with Crippen molar-refractivity contribution in [3.63, 3.8) is 0 Å². The summed E-state index contributed by atoms with van der Waals surface area (Å²) in [5.41, 5.74) is 0.0713. The molecule has 0 N–H and O–H groups in total. The molecule has 4 nitrogen and oxygen atoms in total. The number of Topliss-reactive ketones (excluding diaryl/α,β-unsaturated/α-hetero) is 1. The smallest absolute Gasteiger partial charge is 0.343 e. The highest BCUT2D eigenvalue weighted by molar-refractivity contribution is 6.37. The number of halogens is 2. The second-order valence-corrected chi connectivity index (χ2v) is 4.97. The second kappa shape index (κ2) is 7.22. The van der Waals surface area contributed by atoms with Crippen LogP contribution in [0.4, 0.5) is 4.39 Å². The lowest BCUT2D eigenvalue weighted by atomic mass is 10.0. The third-order valence-corrected chi connectivity index (χ3v) is 3.18. The van der Waals surface area contributed by atoms with E-state index in [1.807, 2.05) is 0 Å². The highest BCUT2D eigenvalue weighted by Gasteiger charge is 2.24. The zero-order valence-corrected chi connectivity index (χ0v) is 13.1. The number of hydrogen-bond acceptors (Lipinski definition) is 4. The number of rotatable bonds is 5. The van der Waals surface area contributed by atoms with Crippen molar-refractivity contribution >= 4 is 23.4 Å². The van der Waals surface area contributed by atoms with Crippen LogP contribution in [0.2, 0.25) is 5.02 Å². The van der Waals surface area contributed by atoms with Gasteiger partial charge in [0, 0.05) is 31.4 Å². The van der Waals surface area contributed by atoms with E-state index in [4.69, 9.17) is 16.3 Å². The van der Waals surface area contributed by atoms with Gasteiger partial charge in [0.1, 0.15) is 11.4 Å². The van der Waals surface area contributed by atoms with E-state index in [9.17, 15) is 14.0 Å². The van der Waals surface area contributed by atoms with Crippen LogP contribution in [0.3, 0.4) is 0 Å². The van der Waals surface area contributed by atoms with Crippen molar-refractivity contribution in [2.45, 2.75) is 13.8 Å². The Morgan fingerprint density at radius 1 is 1.38 bits per heavy atom. The third kappa shape index (κ3) is 4.04. The Morgan fingerprint density at radius 2 is 2.00 bits per heavy atom. The molecule has 0 saturated heterocycles. The normalized spacial score (nSPS) is 11.2. The molecule has 0 atom stereocenters. The predicted octanol–water partition coefficient (Wildman–Crippen LogP) is 2.98. The molecule has 0 heterocycles. The van der Waals surface area contributed by atoms with E-state index >= 15 is 0 Å². The maximum absolute atomic E-state index is 13.4. The first-order chi connectivity index (χ1) is 9.79. The summed E-state index contributed by atoms with van der Waals surface area (Å²) in [6.07, 6.45) is 1.36. The van der Waals surface area contributed by atoms with Gasteiger partial charge in [-0.15, -0.1) is 0 Å². The monoisotopic (exact) mass is 313 g/mol.